The van der Waals surface area contributed by atoms with E-state index in [1.54, 1.807) is 6.07 Å². The van der Waals surface area contributed by atoms with Gasteiger partial charge in [0.15, 0.2) is 6.17 Å². The first kappa shape index (κ1) is 8.11. The van der Waals surface area contributed by atoms with E-state index < -0.39 is 12.6 Å². The summed E-state index contributed by atoms with van der Waals surface area (Å²) in [6.45, 7) is 0. The average Bonchev–Trinajstić information content (AvgIpc) is 2.05. The van der Waals surface area contributed by atoms with Crippen molar-refractivity contribution in [3.8, 4) is 0 Å². The van der Waals surface area contributed by atoms with E-state index >= 15 is 0 Å². The monoisotopic (exact) mass is 159 g/mol. The Morgan fingerprint density at radius 1 is 1.09 bits per heavy atom. The van der Waals surface area contributed by atoms with Crippen LogP contribution in [0.1, 0.15) is 11.7 Å². The highest BCUT2D eigenvalue weighted by Crippen LogP contribution is 2.29. The molecule has 1 rings (SSSR count). The van der Waals surface area contributed by atoms with Crippen molar-refractivity contribution in [1.82, 2.24) is 0 Å². The lowest BCUT2D eigenvalue weighted by Gasteiger charge is -2.03. The van der Waals surface area contributed by atoms with E-state index in [0.29, 0.717) is 0 Å². The molecule has 0 saturated heterocycles. The second-order valence-corrected chi connectivity index (χ2v) is 2.06. The minimum Gasteiger partial charge on any atom is -0.235 e. The van der Waals surface area contributed by atoms with Crippen molar-refractivity contribution in [1.29, 1.82) is 0 Å². The Hall–Kier alpha value is -0.990. The van der Waals surface area contributed by atoms with Gasteiger partial charge in [0.25, 0.3) is 0 Å². The standard InChI is InChI=1S/C8H6F3/c9-7(8(10)11)6-4-2-1-3-5-6/h1-5,7H. The first-order valence-corrected chi connectivity index (χ1v) is 3.08. The SMILES string of the molecule is F[C](F)C(F)c1ccccc1. The quantitative estimate of drug-likeness (QED) is 0.621. The van der Waals surface area contributed by atoms with Gasteiger partial charge in [0, 0.05) is 0 Å². The Balaban J connectivity index is 2.77. The van der Waals surface area contributed by atoms with Crippen molar-refractivity contribution in [2.24, 2.45) is 0 Å². The van der Waals surface area contributed by atoms with Crippen molar-refractivity contribution in [3.63, 3.8) is 0 Å². The summed E-state index contributed by atoms with van der Waals surface area (Å²) >= 11 is 0. The molecule has 1 unspecified atom stereocenters. The molecule has 0 fully saturated rings. The minimum absolute atomic E-state index is 0.00694. The molecule has 1 aromatic rings. The Morgan fingerprint density at radius 3 is 2.09 bits per heavy atom. The second-order valence-electron chi connectivity index (χ2n) is 2.06. The van der Waals surface area contributed by atoms with Gasteiger partial charge < -0.3 is 0 Å². The third kappa shape index (κ3) is 1.97. The second kappa shape index (κ2) is 3.42. The van der Waals surface area contributed by atoms with Crippen LogP contribution in [-0.2, 0) is 0 Å². The van der Waals surface area contributed by atoms with Crippen molar-refractivity contribution in [2.45, 2.75) is 6.17 Å². The van der Waals surface area contributed by atoms with Crippen LogP contribution in [0.4, 0.5) is 13.2 Å². The van der Waals surface area contributed by atoms with Crippen LogP contribution in [0.3, 0.4) is 0 Å². The number of hydrogen-bond acceptors (Lipinski definition) is 0. The van der Waals surface area contributed by atoms with Crippen LogP contribution >= 0.6 is 0 Å². The molecule has 1 atom stereocenters. The number of rotatable bonds is 2. The van der Waals surface area contributed by atoms with Gasteiger partial charge in [-0.15, -0.1) is 0 Å². The fourth-order valence-electron chi connectivity index (χ4n) is 0.748. The molecule has 0 amide bonds. The molecule has 59 valence electrons. The Labute approximate surface area is 62.7 Å². The molecule has 1 aromatic carbocycles. The summed E-state index contributed by atoms with van der Waals surface area (Å²) in [6.07, 6.45) is -4.44. The van der Waals surface area contributed by atoms with E-state index in [-0.39, 0.29) is 5.56 Å². The maximum Gasteiger partial charge on any atom is 0.348 e. The Kier molecular flexibility index (Phi) is 2.52. The van der Waals surface area contributed by atoms with Gasteiger partial charge in [-0.3, -0.25) is 0 Å². The smallest absolute Gasteiger partial charge is 0.235 e. The largest absolute Gasteiger partial charge is 0.348 e. The molecule has 0 aromatic heterocycles. The molecule has 0 spiro atoms. The zero-order valence-corrected chi connectivity index (χ0v) is 5.60. The topological polar surface area (TPSA) is 0 Å². The highest BCUT2D eigenvalue weighted by atomic mass is 19.3. The fourth-order valence-corrected chi connectivity index (χ4v) is 0.748. The first-order valence-electron chi connectivity index (χ1n) is 3.08. The maximum atomic E-state index is 12.5. The molecule has 3 heteroatoms. The third-order valence-electron chi connectivity index (χ3n) is 1.28. The van der Waals surface area contributed by atoms with E-state index in [2.05, 4.69) is 0 Å². The van der Waals surface area contributed by atoms with E-state index in [1.165, 1.54) is 24.3 Å². The molecule has 0 aliphatic rings. The molecule has 0 saturated carbocycles. The van der Waals surface area contributed by atoms with Gasteiger partial charge in [-0.25, -0.2) is 4.39 Å². The molecular weight excluding hydrogens is 153 g/mol. The first-order chi connectivity index (χ1) is 5.22. The van der Waals surface area contributed by atoms with Gasteiger partial charge in [0.1, 0.15) is 0 Å². The van der Waals surface area contributed by atoms with Crippen LogP contribution in [-0.4, -0.2) is 0 Å². The molecule has 0 nitrogen and oxygen atoms in total. The molecule has 11 heavy (non-hydrogen) atoms. The van der Waals surface area contributed by atoms with Crippen LogP contribution < -0.4 is 0 Å². The summed E-state index contributed by atoms with van der Waals surface area (Å²) in [7, 11) is 0. The van der Waals surface area contributed by atoms with Crippen molar-refractivity contribution < 1.29 is 13.2 Å². The highest BCUT2D eigenvalue weighted by Gasteiger charge is 2.22. The average molecular weight is 159 g/mol. The van der Waals surface area contributed by atoms with Gasteiger partial charge in [0.2, 0.25) is 0 Å². The Morgan fingerprint density at radius 2 is 1.64 bits per heavy atom. The number of halogens is 3. The van der Waals surface area contributed by atoms with E-state index in [9.17, 15) is 13.2 Å². The summed E-state index contributed by atoms with van der Waals surface area (Å²) in [6, 6.07) is 7.33. The molecular formula is C8H6F3. The molecule has 0 aliphatic carbocycles. The highest BCUT2D eigenvalue weighted by molar-refractivity contribution is 5.19. The Bertz CT molecular complexity index is 208. The van der Waals surface area contributed by atoms with Gasteiger partial charge in [-0.2, -0.15) is 8.78 Å². The van der Waals surface area contributed by atoms with E-state index in [4.69, 9.17) is 0 Å². The maximum absolute atomic E-state index is 12.5. The minimum atomic E-state index is -2.24. The van der Waals surface area contributed by atoms with Gasteiger partial charge in [-0.05, 0) is 5.56 Å². The predicted octanol–water partition coefficient (Wildman–Crippen LogP) is 3.13. The van der Waals surface area contributed by atoms with Crippen LogP contribution in [0.25, 0.3) is 0 Å². The summed E-state index contributed by atoms with van der Waals surface area (Å²) in [5.41, 5.74) is -0.00694. The van der Waals surface area contributed by atoms with Crippen LogP contribution in [0.5, 0.6) is 0 Å². The summed E-state index contributed by atoms with van der Waals surface area (Å²) < 4.78 is 35.8. The van der Waals surface area contributed by atoms with Crippen LogP contribution in [0.15, 0.2) is 30.3 Å². The summed E-state index contributed by atoms with van der Waals surface area (Å²) in [5.74, 6) is 0. The van der Waals surface area contributed by atoms with Gasteiger partial charge >= 0.3 is 6.43 Å². The van der Waals surface area contributed by atoms with Crippen molar-refractivity contribution in [2.75, 3.05) is 0 Å². The van der Waals surface area contributed by atoms with Crippen molar-refractivity contribution in [3.05, 3.63) is 42.3 Å². The third-order valence-corrected chi connectivity index (χ3v) is 1.28. The van der Waals surface area contributed by atoms with Gasteiger partial charge in [-0.1, -0.05) is 30.3 Å². The number of hydrogen-bond donors (Lipinski definition) is 0. The zero-order valence-electron chi connectivity index (χ0n) is 5.60. The normalized spacial score (nSPS) is 13.5. The van der Waals surface area contributed by atoms with E-state index in [0.717, 1.165) is 0 Å². The molecule has 0 aliphatic heterocycles. The lowest BCUT2D eigenvalue weighted by Crippen LogP contribution is -1.94. The molecule has 0 bridgehead atoms. The van der Waals surface area contributed by atoms with E-state index in [1.807, 2.05) is 0 Å². The molecule has 0 heterocycles. The van der Waals surface area contributed by atoms with Gasteiger partial charge in [0.05, 0.1) is 0 Å². The number of alkyl halides is 1. The summed E-state index contributed by atoms with van der Waals surface area (Å²) in [4.78, 5) is 0. The predicted molar refractivity (Wildman–Crippen MR) is 35.8 cm³/mol. The summed E-state index contributed by atoms with van der Waals surface area (Å²) in [5, 5.41) is 0. The fraction of sp³-hybridized carbons (Fsp3) is 0.125. The molecule has 1 radical (unpaired) electrons. The number of benzene rings is 1. The zero-order chi connectivity index (χ0) is 8.27. The van der Waals surface area contributed by atoms with Crippen LogP contribution in [0, 0.1) is 6.43 Å². The molecule has 0 N–H and O–H groups in total. The lowest BCUT2D eigenvalue weighted by molar-refractivity contribution is 0.160. The van der Waals surface area contributed by atoms with Crippen molar-refractivity contribution >= 4 is 0 Å². The van der Waals surface area contributed by atoms with Crippen LogP contribution in [0.2, 0.25) is 0 Å². The lowest BCUT2D eigenvalue weighted by atomic mass is 10.1.